The van der Waals surface area contributed by atoms with Gasteiger partial charge in [0, 0.05) is 10.0 Å². The van der Waals surface area contributed by atoms with Gasteiger partial charge in [0.05, 0.1) is 29.0 Å². The van der Waals surface area contributed by atoms with Crippen LogP contribution in [0.15, 0.2) is 68.0 Å². The molecule has 0 aliphatic carbocycles. The molecule has 4 rings (SSSR count). The molecule has 0 radical (unpaired) electrons. The fourth-order valence-electron chi connectivity index (χ4n) is 3.89. The Balaban J connectivity index is 2.00. The third kappa shape index (κ3) is 4.65. The average molecular weight is 541 g/mol. The van der Waals surface area contributed by atoms with E-state index < -0.39 is 12.0 Å². The molecule has 1 atom stereocenters. The van der Waals surface area contributed by atoms with Crippen LogP contribution in [0.4, 0.5) is 0 Å². The maximum absolute atomic E-state index is 13.7. The van der Waals surface area contributed by atoms with Crippen molar-refractivity contribution in [3.8, 4) is 5.75 Å². The molecule has 0 saturated heterocycles. The van der Waals surface area contributed by atoms with Gasteiger partial charge >= 0.3 is 5.97 Å². The zero-order valence-electron chi connectivity index (χ0n) is 19.6. The summed E-state index contributed by atoms with van der Waals surface area (Å²) in [6, 6.07) is 12.7. The number of nitrogens with zero attached hydrogens (tertiary/aromatic N) is 2. The Kier molecular flexibility index (Phi) is 6.91. The standard InChI is InChI=1S/C26H25BrN2O4S/c1-14(2)33-25(31)22-16(4)28-26-29(23(22)19-13-18(27)10-11-20(19)32-5)24(30)21(34-26)12-17-8-6-15(3)7-9-17/h6-14,23H,1-5H3/b21-12-/t23-/m0/s1. The molecule has 2 aromatic carbocycles. The van der Waals surface area contributed by atoms with Gasteiger partial charge in [-0.25, -0.2) is 9.79 Å². The van der Waals surface area contributed by atoms with Crippen molar-refractivity contribution in [1.82, 2.24) is 4.57 Å². The van der Waals surface area contributed by atoms with Gasteiger partial charge in [0.25, 0.3) is 5.56 Å². The second kappa shape index (κ2) is 9.72. The third-order valence-corrected chi connectivity index (χ3v) is 6.92. The Hall–Kier alpha value is -2.97. The highest BCUT2D eigenvalue weighted by molar-refractivity contribution is 9.10. The van der Waals surface area contributed by atoms with E-state index in [4.69, 9.17) is 9.47 Å². The lowest BCUT2D eigenvalue weighted by Crippen LogP contribution is -2.40. The zero-order chi connectivity index (χ0) is 24.6. The topological polar surface area (TPSA) is 69.9 Å². The summed E-state index contributed by atoms with van der Waals surface area (Å²) in [5.74, 6) is 0.0574. The molecule has 3 aromatic rings. The monoisotopic (exact) mass is 540 g/mol. The number of hydrogen-bond acceptors (Lipinski definition) is 6. The van der Waals surface area contributed by atoms with Gasteiger partial charge in [0.2, 0.25) is 0 Å². The van der Waals surface area contributed by atoms with Gasteiger partial charge in [-0.2, -0.15) is 0 Å². The van der Waals surface area contributed by atoms with Gasteiger partial charge in [-0.1, -0.05) is 57.1 Å². The molecule has 0 saturated carbocycles. The predicted octanol–water partition coefficient (Wildman–Crippen LogP) is 4.27. The molecule has 0 spiro atoms. The van der Waals surface area contributed by atoms with Crippen molar-refractivity contribution >= 4 is 39.3 Å². The van der Waals surface area contributed by atoms with Crippen molar-refractivity contribution in [1.29, 1.82) is 0 Å². The number of hydrogen-bond donors (Lipinski definition) is 0. The predicted molar refractivity (Wildman–Crippen MR) is 137 cm³/mol. The maximum Gasteiger partial charge on any atom is 0.338 e. The van der Waals surface area contributed by atoms with Crippen molar-refractivity contribution in [2.75, 3.05) is 7.11 Å². The highest BCUT2D eigenvalue weighted by Crippen LogP contribution is 2.37. The Morgan fingerprint density at radius 1 is 1.18 bits per heavy atom. The highest BCUT2D eigenvalue weighted by Gasteiger charge is 2.35. The second-order valence-electron chi connectivity index (χ2n) is 8.33. The van der Waals surface area contributed by atoms with Gasteiger partial charge in [-0.05, 0) is 57.5 Å². The second-order valence-corrected chi connectivity index (χ2v) is 10.3. The number of rotatable bonds is 5. The number of thiazole rings is 1. The minimum atomic E-state index is -0.741. The molecule has 176 valence electrons. The number of carbonyl (C=O) groups excluding carboxylic acids is 1. The third-order valence-electron chi connectivity index (χ3n) is 5.45. The summed E-state index contributed by atoms with van der Waals surface area (Å²) >= 11 is 4.81. The summed E-state index contributed by atoms with van der Waals surface area (Å²) in [6.45, 7) is 7.37. The highest BCUT2D eigenvalue weighted by atomic mass is 79.9. The lowest BCUT2D eigenvalue weighted by Gasteiger charge is -2.26. The largest absolute Gasteiger partial charge is 0.496 e. The molecule has 1 aliphatic rings. The van der Waals surface area contributed by atoms with E-state index in [1.165, 1.54) is 11.3 Å². The van der Waals surface area contributed by atoms with E-state index in [0.29, 0.717) is 31.9 Å². The summed E-state index contributed by atoms with van der Waals surface area (Å²) < 4.78 is 14.1. The van der Waals surface area contributed by atoms with Crippen LogP contribution in [0, 0.1) is 6.92 Å². The smallest absolute Gasteiger partial charge is 0.338 e. The number of methoxy groups -OCH3 is 1. The van der Waals surface area contributed by atoms with Crippen molar-refractivity contribution in [3.05, 3.63) is 94.6 Å². The van der Waals surface area contributed by atoms with Crippen LogP contribution in [0.5, 0.6) is 5.75 Å². The van der Waals surface area contributed by atoms with Gasteiger partial charge in [0.1, 0.15) is 11.8 Å². The number of allylic oxidation sites excluding steroid dienone is 1. The number of aromatic nitrogens is 1. The van der Waals surface area contributed by atoms with E-state index in [1.54, 1.807) is 32.4 Å². The van der Waals surface area contributed by atoms with Crippen LogP contribution in [-0.4, -0.2) is 23.8 Å². The van der Waals surface area contributed by atoms with Crippen LogP contribution in [0.25, 0.3) is 6.08 Å². The first-order valence-corrected chi connectivity index (χ1v) is 12.4. The van der Waals surface area contributed by atoms with Crippen molar-refractivity contribution < 1.29 is 14.3 Å². The maximum atomic E-state index is 13.7. The fourth-order valence-corrected chi connectivity index (χ4v) is 5.31. The van der Waals surface area contributed by atoms with Crippen LogP contribution in [0.2, 0.25) is 0 Å². The Morgan fingerprint density at radius 2 is 1.88 bits per heavy atom. The Labute approximate surface area is 210 Å². The number of esters is 1. The quantitative estimate of drug-likeness (QED) is 0.453. The van der Waals surface area contributed by atoms with E-state index >= 15 is 0 Å². The number of halogens is 1. The summed E-state index contributed by atoms with van der Waals surface area (Å²) in [6.07, 6.45) is 1.54. The van der Waals surface area contributed by atoms with Crippen LogP contribution in [-0.2, 0) is 9.53 Å². The van der Waals surface area contributed by atoms with Crippen LogP contribution >= 0.6 is 27.3 Å². The molecule has 1 aromatic heterocycles. The van der Waals surface area contributed by atoms with Crippen molar-refractivity contribution in [2.24, 2.45) is 4.99 Å². The van der Waals surface area contributed by atoms with Gasteiger partial charge in [0.15, 0.2) is 4.80 Å². The van der Waals surface area contributed by atoms with Crippen molar-refractivity contribution in [2.45, 2.75) is 39.8 Å². The molecule has 34 heavy (non-hydrogen) atoms. The number of benzene rings is 2. The number of aryl methyl sites for hydroxylation is 1. The van der Waals surface area contributed by atoms with Crippen LogP contribution in [0.1, 0.15) is 43.5 Å². The van der Waals surface area contributed by atoms with Gasteiger partial charge < -0.3 is 9.47 Å². The molecule has 0 fully saturated rings. The summed E-state index contributed by atoms with van der Waals surface area (Å²) in [5.41, 5.74) is 3.34. The number of carbonyl (C=O) groups is 1. The van der Waals surface area contributed by atoms with Gasteiger partial charge in [-0.15, -0.1) is 0 Å². The molecular formula is C26H25BrN2O4S. The summed E-state index contributed by atoms with van der Waals surface area (Å²) in [7, 11) is 1.57. The number of ether oxygens (including phenoxy) is 2. The van der Waals surface area contributed by atoms with E-state index in [-0.39, 0.29) is 11.7 Å². The molecule has 8 heteroatoms. The normalized spacial score (nSPS) is 15.9. The lowest BCUT2D eigenvalue weighted by molar-refractivity contribution is -0.143. The molecule has 2 heterocycles. The van der Waals surface area contributed by atoms with Crippen molar-refractivity contribution in [3.63, 3.8) is 0 Å². The first-order valence-electron chi connectivity index (χ1n) is 10.8. The summed E-state index contributed by atoms with van der Waals surface area (Å²) in [4.78, 5) is 32.1. The minimum Gasteiger partial charge on any atom is -0.496 e. The Bertz CT molecular complexity index is 1470. The molecule has 6 nitrogen and oxygen atoms in total. The summed E-state index contributed by atoms with van der Waals surface area (Å²) in [5, 5.41) is 0. The Morgan fingerprint density at radius 3 is 2.53 bits per heavy atom. The van der Waals surface area contributed by atoms with Gasteiger partial charge in [-0.3, -0.25) is 9.36 Å². The SMILES string of the molecule is COc1ccc(Br)cc1[C@H]1C(C(=O)OC(C)C)=C(C)N=c2s/c(=C\c3ccc(C)cc3)c(=O)n21. The average Bonchev–Trinajstić information content (AvgIpc) is 3.08. The van der Waals surface area contributed by atoms with E-state index in [2.05, 4.69) is 20.9 Å². The molecule has 0 bridgehead atoms. The first kappa shape index (κ1) is 24.2. The molecular weight excluding hydrogens is 516 g/mol. The minimum absolute atomic E-state index is 0.223. The molecule has 0 unspecified atom stereocenters. The zero-order valence-corrected chi connectivity index (χ0v) is 22.0. The number of fused-ring (bicyclic) bond motifs is 1. The van der Waals surface area contributed by atoms with E-state index in [1.807, 2.05) is 55.5 Å². The lowest BCUT2D eigenvalue weighted by atomic mass is 9.95. The first-order chi connectivity index (χ1) is 16.2. The molecule has 1 aliphatic heterocycles. The van der Waals surface area contributed by atoms with Crippen LogP contribution in [0.3, 0.4) is 0 Å². The molecule has 0 N–H and O–H groups in total. The van der Waals surface area contributed by atoms with Crippen LogP contribution < -0.4 is 19.6 Å². The molecule has 0 amide bonds. The van der Waals surface area contributed by atoms with E-state index in [0.717, 1.165) is 15.6 Å². The van der Waals surface area contributed by atoms with E-state index in [9.17, 15) is 9.59 Å². The fraction of sp³-hybridized carbons (Fsp3) is 0.269.